The molecule has 0 unspecified atom stereocenters. The van der Waals surface area contributed by atoms with Crippen LogP contribution in [0, 0.1) is 36.4 Å². The second-order valence-corrected chi connectivity index (χ2v) is 8.82. The molecule has 0 bridgehead atoms. The van der Waals surface area contributed by atoms with Gasteiger partial charge in [-0.1, -0.05) is 57.6 Å². The normalized spacial score (nSPS) is 30.2. The van der Waals surface area contributed by atoms with E-state index in [0.29, 0.717) is 17.0 Å². The average molecular weight is 345 g/mol. The van der Waals surface area contributed by atoms with Crippen LogP contribution < -0.4 is 0 Å². The summed E-state index contributed by atoms with van der Waals surface area (Å²) in [6, 6.07) is 3.60. The minimum absolute atomic E-state index is 0.164. The van der Waals surface area contributed by atoms with Crippen molar-refractivity contribution in [3.8, 4) is 0 Å². The summed E-state index contributed by atoms with van der Waals surface area (Å²) in [6.45, 7) is 4.11. The van der Waals surface area contributed by atoms with Crippen LogP contribution in [-0.2, 0) is 6.42 Å². The van der Waals surface area contributed by atoms with Crippen molar-refractivity contribution in [2.75, 3.05) is 0 Å². The van der Waals surface area contributed by atoms with Gasteiger partial charge in [0.05, 0.1) is 0 Å². The molecular formula is C23H33FO. The number of halogens is 1. The molecule has 3 rings (SSSR count). The Morgan fingerprint density at radius 3 is 2.12 bits per heavy atom. The highest BCUT2D eigenvalue weighted by molar-refractivity contribution is 5.77. The van der Waals surface area contributed by atoms with Gasteiger partial charge in [-0.2, -0.15) is 0 Å². The molecule has 0 radical (unpaired) electrons. The lowest BCUT2D eigenvalue weighted by atomic mass is 9.72. The summed E-state index contributed by atoms with van der Waals surface area (Å²) in [7, 11) is 0. The standard InChI is InChI=1S/C23H33FO/c1-16-3-5-18(6-4-16)13-19-7-9-20(10-8-19)14-21-11-12-22(15-25)17(2)23(21)24/h11-12,15-16,18-20H,3-10,13-14H2,1-2H3. The predicted octanol–water partition coefficient (Wildman–Crippen LogP) is 6.51. The van der Waals surface area contributed by atoms with E-state index in [0.717, 1.165) is 36.0 Å². The molecule has 0 amide bonds. The molecule has 2 saturated carbocycles. The molecule has 1 nitrogen and oxygen atoms in total. The van der Waals surface area contributed by atoms with Crippen molar-refractivity contribution in [2.24, 2.45) is 23.7 Å². The largest absolute Gasteiger partial charge is 0.298 e. The van der Waals surface area contributed by atoms with Crippen LogP contribution in [0.5, 0.6) is 0 Å². The van der Waals surface area contributed by atoms with Gasteiger partial charge in [0.15, 0.2) is 0 Å². The van der Waals surface area contributed by atoms with Crippen molar-refractivity contribution in [3.63, 3.8) is 0 Å². The molecular weight excluding hydrogens is 311 g/mol. The van der Waals surface area contributed by atoms with Gasteiger partial charge >= 0.3 is 0 Å². The Morgan fingerprint density at radius 1 is 0.960 bits per heavy atom. The smallest absolute Gasteiger partial charge is 0.150 e. The van der Waals surface area contributed by atoms with Crippen LogP contribution in [0.2, 0.25) is 0 Å². The molecule has 0 heterocycles. The SMILES string of the molecule is Cc1c(C=O)ccc(CC2CCC(CC3CCC(C)CC3)CC2)c1F. The monoisotopic (exact) mass is 344 g/mol. The van der Waals surface area contributed by atoms with Crippen LogP contribution in [0.4, 0.5) is 4.39 Å². The zero-order valence-electron chi connectivity index (χ0n) is 15.9. The van der Waals surface area contributed by atoms with Crippen LogP contribution >= 0.6 is 0 Å². The number of hydrogen-bond acceptors (Lipinski definition) is 1. The average Bonchev–Trinajstić information content (AvgIpc) is 2.63. The Hall–Kier alpha value is -1.18. The molecule has 0 aliphatic heterocycles. The van der Waals surface area contributed by atoms with Gasteiger partial charge in [-0.25, -0.2) is 4.39 Å². The summed E-state index contributed by atoms with van der Waals surface area (Å²) in [5.74, 6) is 3.25. The number of benzene rings is 1. The lowest BCUT2D eigenvalue weighted by Gasteiger charge is -2.33. The van der Waals surface area contributed by atoms with Gasteiger partial charge in [-0.05, 0) is 67.4 Å². The number of aldehydes is 1. The number of hydrogen-bond donors (Lipinski definition) is 0. The quantitative estimate of drug-likeness (QED) is 0.556. The Bertz CT molecular complexity index is 578. The highest BCUT2D eigenvalue weighted by Gasteiger charge is 2.26. The number of rotatable bonds is 5. The summed E-state index contributed by atoms with van der Waals surface area (Å²) >= 11 is 0. The van der Waals surface area contributed by atoms with Gasteiger partial charge in [0, 0.05) is 5.56 Å². The Morgan fingerprint density at radius 2 is 1.52 bits per heavy atom. The van der Waals surface area contributed by atoms with Crippen LogP contribution in [0.1, 0.15) is 86.2 Å². The van der Waals surface area contributed by atoms with Crippen LogP contribution in [0.15, 0.2) is 12.1 Å². The lowest BCUT2D eigenvalue weighted by Crippen LogP contribution is -2.21. The van der Waals surface area contributed by atoms with Gasteiger partial charge in [0.2, 0.25) is 0 Å². The Kier molecular flexibility index (Phi) is 6.30. The Labute approximate surface area is 152 Å². The van der Waals surface area contributed by atoms with Crippen molar-refractivity contribution < 1.29 is 9.18 Å². The fourth-order valence-electron chi connectivity index (χ4n) is 5.06. The van der Waals surface area contributed by atoms with Gasteiger partial charge in [-0.3, -0.25) is 4.79 Å². The fourth-order valence-corrected chi connectivity index (χ4v) is 5.06. The molecule has 2 aliphatic rings. The molecule has 0 spiro atoms. The minimum Gasteiger partial charge on any atom is -0.298 e. The van der Waals surface area contributed by atoms with Crippen molar-refractivity contribution in [1.29, 1.82) is 0 Å². The highest BCUT2D eigenvalue weighted by atomic mass is 19.1. The van der Waals surface area contributed by atoms with E-state index in [1.54, 1.807) is 13.0 Å². The maximum absolute atomic E-state index is 14.5. The van der Waals surface area contributed by atoms with E-state index in [2.05, 4.69) is 6.92 Å². The third-order valence-electron chi connectivity index (χ3n) is 6.91. The zero-order valence-corrected chi connectivity index (χ0v) is 15.9. The summed E-state index contributed by atoms with van der Waals surface area (Å²) in [5.41, 5.74) is 1.78. The second-order valence-electron chi connectivity index (χ2n) is 8.82. The fraction of sp³-hybridized carbons (Fsp3) is 0.696. The molecule has 0 atom stereocenters. The van der Waals surface area contributed by atoms with Crippen molar-refractivity contribution in [1.82, 2.24) is 0 Å². The number of carbonyl (C=O) groups excluding carboxylic acids is 1. The maximum Gasteiger partial charge on any atom is 0.150 e. The van der Waals surface area contributed by atoms with Crippen LogP contribution in [-0.4, -0.2) is 6.29 Å². The first-order chi connectivity index (χ1) is 12.1. The Balaban J connectivity index is 1.48. The third-order valence-corrected chi connectivity index (χ3v) is 6.91. The molecule has 2 fully saturated rings. The van der Waals surface area contributed by atoms with Crippen molar-refractivity contribution >= 4 is 6.29 Å². The molecule has 1 aromatic carbocycles. The summed E-state index contributed by atoms with van der Waals surface area (Å²) < 4.78 is 14.5. The van der Waals surface area contributed by atoms with E-state index in [4.69, 9.17) is 0 Å². The topological polar surface area (TPSA) is 17.1 Å². The molecule has 138 valence electrons. The van der Waals surface area contributed by atoms with Crippen LogP contribution in [0.3, 0.4) is 0 Å². The third kappa shape index (κ3) is 4.71. The molecule has 2 aliphatic carbocycles. The summed E-state index contributed by atoms with van der Waals surface area (Å²) in [5, 5.41) is 0. The van der Waals surface area contributed by atoms with E-state index < -0.39 is 0 Å². The maximum atomic E-state index is 14.5. The minimum atomic E-state index is -0.164. The molecule has 0 aromatic heterocycles. The molecule has 25 heavy (non-hydrogen) atoms. The molecule has 2 heteroatoms. The van der Waals surface area contributed by atoms with Gasteiger partial charge in [-0.15, -0.1) is 0 Å². The van der Waals surface area contributed by atoms with E-state index in [9.17, 15) is 9.18 Å². The first-order valence-corrected chi connectivity index (χ1v) is 10.3. The molecule has 0 saturated heterocycles. The zero-order chi connectivity index (χ0) is 17.8. The van der Waals surface area contributed by atoms with Crippen molar-refractivity contribution in [3.05, 3.63) is 34.6 Å². The van der Waals surface area contributed by atoms with E-state index in [1.165, 1.54) is 57.8 Å². The predicted molar refractivity (Wildman–Crippen MR) is 101 cm³/mol. The van der Waals surface area contributed by atoms with Crippen LogP contribution in [0.25, 0.3) is 0 Å². The summed E-state index contributed by atoms with van der Waals surface area (Å²) in [6.07, 6.45) is 13.9. The lowest BCUT2D eigenvalue weighted by molar-refractivity contribution is 0.112. The highest BCUT2D eigenvalue weighted by Crippen LogP contribution is 2.39. The van der Waals surface area contributed by atoms with Crippen molar-refractivity contribution in [2.45, 2.75) is 78.1 Å². The van der Waals surface area contributed by atoms with Gasteiger partial charge in [0.25, 0.3) is 0 Å². The number of carbonyl (C=O) groups is 1. The van der Waals surface area contributed by atoms with Gasteiger partial charge in [0.1, 0.15) is 12.1 Å². The van der Waals surface area contributed by atoms with E-state index in [1.807, 2.05) is 6.07 Å². The molecule has 1 aromatic rings. The van der Waals surface area contributed by atoms with E-state index >= 15 is 0 Å². The first kappa shape index (κ1) is 18.6. The first-order valence-electron chi connectivity index (χ1n) is 10.3. The van der Waals surface area contributed by atoms with Gasteiger partial charge < -0.3 is 0 Å². The molecule has 0 N–H and O–H groups in total. The second kappa shape index (κ2) is 8.47. The van der Waals surface area contributed by atoms with E-state index in [-0.39, 0.29) is 5.82 Å². The summed E-state index contributed by atoms with van der Waals surface area (Å²) in [4.78, 5) is 10.9.